The summed E-state index contributed by atoms with van der Waals surface area (Å²) in [7, 11) is 0. The van der Waals surface area contributed by atoms with E-state index in [1.165, 1.54) is 0 Å². The molecule has 3 aromatic carbocycles. The number of ether oxygens (including phenoxy) is 1. The van der Waals surface area contributed by atoms with Gasteiger partial charge in [-0.1, -0.05) is 54.6 Å². The summed E-state index contributed by atoms with van der Waals surface area (Å²) in [6.07, 6.45) is 0.789. The summed E-state index contributed by atoms with van der Waals surface area (Å²) in [4.78, 5) is 37.7. The zero-order valence-electron chi connectivity index (χ0n) is 19.1. The number of rotatable bonds is 8. The van der Waals surface area contributed by atoms with E-state index in [-0.39, 0.29) is 29.7 Å². The number of nitrogens with one attached hydrogen (secondary N) is 2. The van der Waals surface area contributed by atoms with E-state index in [1.807, 2.05) is 42.5 Å². The lowest BCUT2D eigenvalue weighted by Gasteiger charge is -2.29. The molecule has 3 amide bonds. The van der Waals surface area contributed by atoms with Gasteiger partial charge < -0.3 is 26.8 Å². The van der Waals surface area contributed by atoms with Gasteiger partial charge in [-0.15, -0.1) is 0 Å². The number of fused-ring (bicyclic) bond motifs is 2. The van der Waals surface area contributed by atoms with Crippen molar-refractivity contribution in [2.45, 2.75) is 31.0 Å². The van der Waals surface area contributed by atoms with Crippen molar-refractivity contribution in [1.82, 2.24) is 10.6 Å². The van der Waals surface area contributed by atoms with Crippen molar-refractivity contribution in [2.75, 3.05) is 12.4 Å². The minimum atomic E-state index is -0.910. The lowest BCUT2D eigenvalue weighted by molar-refractivity contribution is -0.123. The number of benzene rings is 3. The van der Waals surface area contributed by atoms with E-state index in [9.17, 15) is 14.4 Å². The van der Waals surface area contributed by atoms with Crippen LogP contribution in [0.15, 0.2) is 60.7 Å². The molecule has 1 aliphatic heterocycles. The molecule has 1 aliphatic rings. The van der Waals surface area contributed by atoms with Gasteiger partial charge in [-0.25, -0.2) is 0 Å². The Kier molecular flexibility index (Phi) is 7.57. The lowest BCUT2D eigenvalue weighted by atomic mass is 9.96. The van der Waals surface area contributed by atoms with Gasteiger partial charge in [-0.3, -0.25) is 14.4 Å². The standard InChI is InChI=1S/C26H28N4O4S/c27-20(14-35)26(33)29-21-10-11-34-23-18(21)6-3-7-19(23)25(32)30-22(24(28)31)13-15-8-9-16-4-1-2-5-17(16)12-15/h1-9,12,20-22,35H,10-11,13-14,27H2,(H2,28,31)(H,29,33)(H,30,32)/t20-,21?,22+/m0/s1. The maximum atomic E-state index is 13.2. The van der Waals surface area contributed by atoms with E-state index in [2.05, 4.69) is 23.3 Å². The van der Waals surface area contributed by atoms with E-state index < -0.39 is 23.9 Å². The van der Waals surface area contributed by atoms with Gasteiger partial charge in [0.15, 0.2) is 0 Å². The fraction of sp³-hybridized carbons (Fsp3) is 0.269. The number of primary amides is 1. The molecule has 0 aromatic heterocycles. The molecule has 0 aliphatic carbocycles. The zero-order valence-corrected chi connectivity index (χ0v) is 20.0. The third-order valence-electron chi connectivity index (χ3n) is 6.07. The largest absolute Gasteiger partial charge is 0.492 e. The Hall–Kier alpha value is -3.56. The normalized spacial score (nSPS) is 16.5. The molecule has 4 rings (SSSR count). The van der Waals surface area contributed by atoms with E-state index >= 15 is 0 Å². The summed E-state index contributed by atoms with van der Waals surface area (Å²) in [5, 5.41) is 7.77. The highest BCUT2D eigenvalue weighted by Crippen LogP contribution is 2.35. The van der Waals surface area contributed by atoms with Crippen LogP contribution in [0.3, 0.4) is 0 Å². The molecule has 3 atom stereocenters. The number of thiol groups is 1. The van der Waals surface area contributed by atoms with Gasteiger partial charge in [0.05, 0.1) is 24.3 Å². The fourth-order valence-electron chi connectivity index (χ4n) is 4.18. The van der Waals surface area contributed by atoms with Gasteiger partial charge >= 0.3 is 0 Å². The molecule has 6 N–H and O–H groups in total. The van der Waals surface area contributed by atoms with Crippen LogP contribution in [0.1, 0.15) is 33.9 Å². The Bertz CT molecular complexity index is 1270. The molecule has 182 valence electrons. The molecule has 0 saturated heterocycles. The summed E-state index contributed by atoms with van der Waals surface area (Å²) in [5.41, 5.74) is 13.2. The summed E-state index contributed by atoms with van der Waals surface area (Å²) in [6.45, 7) is 0.314. The van der Waals surface area contributed by atoms with E-state index in [4.69, 9.17) is 16.2 Å². The predicted molar refractivity (Wildman–Crippen MR) is 137 cm³/mol. The molecule has 0 spiro atoms. The van der Waals surface area contributed by atoms with Gasteiger partial charge in [-0.05, 0) is 22.4 Å². The predicted octanol–water partition coefficient (Wildman–Crippen LogP) is 1.86. The Morgan fingerprint density at radius 3 is 2.57 bits per heavy atom. The molecule has 1 unspecified atom stereocenters. The van der Waals surface area contributed by atoms with Crippen molar-refractivity contribution in [3.05, 3.63) is 77.4 Å². The number of nitrogens with two attached hydrogens (primary N) is 2. The zero-order chi connectivity index (χ0) is 24.9. The number of hydrogen-bond donors (Lipinski definition) is 5. The van der Waals surface area contributed by atoms with Crippen LogP contribution < -0.4 is 26.8 Å². The van der Waals surface area contributed by atoms with Crippen molar-refractivity contribution in [1.29, 1.82) is 0 Å². The number of carbonyl (C=O) groups excluding carboxylic acids is 3. The smallest absolute Gasteiger partial charge is 0.255 e. The van der Waals surface area contributed by atoms with E-state index in [0.29, 0.717) is 24.3 Å². The monoisotopic (exact) mass is 492 g/mol. The number of amides is 3. The average Bonchev–Trinajstić information content (AvgIpc) is 2.87. The molecule has 35 heavy (non-hydrogen) atoms. The minimum Gasteiger partial charge on any atom is -0.492 e. The third-order valence-corrected chi connectivity index (χ3v) is 6.46. The van der Waals surface area contributed by atoms with Gasteiger partial charge in [0, 0.05) is 24.2 Å². The fourth-order valence-corrected chi connectivity index (χ4v) is 4.34. The SMILES string of the molecule is NC(=O)[C@@H](Cc1ccc2ccccc2c1)NC(=O)c1cccc2c1OCCC2NC(=O)[C@@H](N)CS. The van der Waals surface area contributed by atoms with Crippen LogP contribution in [0.2, 0.25) is 0 Å². The number of hydrogen-bond acceptors (Lipinski definition) is 6. The van der Waals surface area contributed by atoms with Crippen LogP contribution in [-0.2, 0) is 16.0 Å². The quantitative estimate of drug-likeness (QED) is 0.306. The first-order valence-electron chi connectivity index (χ1n) is 11.4. The van der Waals surface area contributed by atoms with Crippen molar-refractivity contribution in [3.8, 4) is 5.75 Å². The molecular weight excluding hydrogens is 464 g/mol. The maximum Gasteiger partial charge on any atom is 0.255 e. The minimum absolute atomic E-state index is 0.218. The summed E-state index contributed by atoms with van der Waals surface area (Å²) in [5.74, 6) is -0.851. The highest BCUT2D eigenvalue weighted by molar-refractivity contribution is 7.80. The van der Waals surface area contributed by atoms with Crippen molar-refractivity contribution in [3.63, 3.8) is 0 Å². The molecule has 0 saturated carbocycles. The van der Waals surface area contributed by atoms with Crippen LogP contribution in [0, 0.1) is 0 Å². The van der Waals surface area contributed by atoms with Crippen molar-refractivity contribution >= 4 is 41.1 Å². The Labute approximate surface area is 208 Å². The molecular formula is C26H28N4O4S. The lowest BCUT2D eigenvalue weighted by Crippen LogP contribution is -2.46. The number of para-hydroxylation sites is 1. The summed E-state index contributed by atoms with van der Waals surface area (Å²) < 4.78 is 5.81. The molecule has 0 bridgehead atoms. The topological polar surface area (TPSA) is 137 Å². The third kappa shape index (κ3) is 5.58. The second kappa shape index (κ2) is 10.8. The molecule has 0 radical (unpaired) electrons. The van der Waals surface area contributed by atoms with Crippen molar-refractivity contribution in [2.24, 2.45) is 11.5 Å². The van der Waals surface area contributed by atoms with Gasteiger partial charge in [0.25, 0.3) is 5.91 Å². The van der Waals surface area contributed by atoms with Crippen molar-refractivity contribution < 1.29 is 19.1 Å². The van der Waals surface area contributed by atoms with Crippen LogP contribution >= 0.6 is 12.6 Å². The molecule has 1 heterocycles. The van der Waals surface area contributed by atoms with Crippen LogP contribution in [0.25, 0.3) is 10.8 Å². The van der Waals surface area contributed by atoms with E-state index in [1.54, 1.807) is 18.2 Å². The molecule has 8 nitrogen and oxygen atoms in total. The molecule has 0 fully saturated rings. The second-order valence-corrected chi connectivity index (χ2v) is 8.89. The van der Waals surface area contributed by atoms with Gasteiger partial charge in [0.2, 0.25) is 11.8 Å². The first kappa shape index (κ1) is 24.6. The summed E-state index contributed by atoms with van der Waals surface area (Å²) in [6, 6.07) is 16.9. The molecule has 9 heteroatoms. The van der Waals surface area contributed by atoms with E-state index in [0.717, 1.165) is 16.3 Å². The highest BCUT2D eigenvalue weighted by atomic mass is 32.1. The molecule has 3 aromatic rings. The van der Waals surface area contributed by atoms with Crippen LogP contribution in [0.4, 0.5) is 0 Å². The average molecular weight is 493 g/mol. The van der Waals surface area contributed by atoms with Crippen LogP contribution in [-0.4, -0.2) is 42.2 Å². The maximum absolute atomic E-state index is 13.2. The number of carbonyl (C=O) groups is 3. The van der Waals surface area contributed by atoms with Crippen LogP contribution in [0.5, 0.6) is 5.75 Å². The Morgan fingerprint density at radius 2 is 1.83 bits per heavy atom. The first-order chi connectivity index (χ1) is 16.9. The summed E-state index contributed by atoms with van der Waals surface area (Å²) >= 11 is 4.07. The van der Waals surface area contributed by atoms with Gasteiger partial charge in [-0.2, -0.15) is 12.6 Å². The second-order valence-electron chi connectivity index (χ2n) is 8.53. The Balaban J connectivity index is 1.53. The first-order valence-corrected chi connectivity index (χ1v) is 12.0. The van der Waals surface area contributed by atoms with Gasteiger partial charge in [0.1, 0.15) is 11.8 Å². The highest BCUT2D eigenvalue weighted by Gasteiger charge is 2.29. The Morgan fingerprint density at radius 1 is 1.06 bits per heavy atom.